The van der Waals surface area contributed by atoms with Crippen molar-refractivity contribution < 1.29 is 26.8 Å². The van der Waals surface area contributed by atoms with Gasteiger partial charge >= 0.3 is 16.2 Å². The van der Waals surface area contributed by atoms with Crippen LogP contribution in [0, 0.1) is 11.6 Å². The molecule has 0 bridgehead atoms. The molecule has 0 saturated carbocycles. The van der Waals surface area contributed by atoms with Crippen LogP contribution in [-0.2, 0) is 21.4 Å². The average molecular weight is 668 g/mol. The Morgan fingerprint density at radius 1 is 1.27 bits per heavy atom. The van der Waals surface area contributed by atoms with Crippen molar-refractivity contribution in [3.8, 4) is 0 Å². The predicted molar refractivity (Wildman–Crippen MR) is 158 cm³/mol. The molecule has 2 heterocycles. The number of hydrogen-bond acceptors (Lipinski definition) is 7. The van der Waals surface area contributed by atoms with Gasteiger partial charge in [0.05, 0.1) is 15.7 Å². The first-order valence-electron chi connectivity index (χ1n) is 12.1. The van der Waals surface area contributed by atoms with E-state index >= 15 is 0 Å². The third-order valence-corrected chi connectivity index (χ3v) is 8.56. The largest absolute Gasteiger partial charge is 0.330 e. The molecule has 3 aromatic rings. The smallest absolute Gasteiger partial charge is 0.325 e. The molecule has 1 atom stereocenters. The number of benzene rings is 2. The molecular formula is C26H25BrF2N6O4S2. The van der Waals surface area contributed by atoms with Crippen molar-refractivity contribution in [3.63, 3.8) is 0 Å². The van der Waals surface area contributed by atoms with Crippen LogP contribution in [0.3, 0.4) is 0 Å². The van der Waals surface area contributed by atoms with Gasteiger partial charge in [-0.2, -0.15) is 8.42 Å². The maximum atomic E-state index is 13.9. The standard InChI is InChI=1S/C26H25BrF2N6O4S2/c1-15(27)8-17-6-7-35(24(17)30-2)41(38,39)33-26(37)32-22(11-16-9-18(28)12-19(29)10-16)25(36)34(3)20-4-5-23-21(13-20)31-14-40-23/h4-5,8-10,12-14,22H,2,6-7,11H2,1,3H3,(H2,32,33,37)/b15-8+/t22-/m0/s1. The van der Waals surface area contributed by atoms with E-state index < -0.39 is 39.8 Å². The molecule has 0 radical (unpaired) electrons. The number of amides is 3. The normalized spacial score (nSPS) is 14.8. The van der Waals surface area contributed by atoms with Gasteiger partial charge in [0.25, 0.3) is 0 Å². The second-order valence-electron chi connectivity index (χ2n) is 9.08. The molecule has 41 heavy (non-hydrogen) atoms. The van der Waals surface area contributed by atoms with Crippen LogP contribution in [0.1, 0.15) is 18.9 Å². The van der Waals surface area contributed by atoms with Crippen LogP contribution in [0.5, 0.6) is 0 Å². The summed E-state index contributed by atoms with van der Waals surface area (Å²) in [6, 6.07) is 5.26. The fraction of sp³-hybridized carbons (Fsp3) is 0.231. The monoisotopic (exact) mass is 666 g/mol. The third-order valence-electron chi connectivity index (χ3n) is 6.14. The highest BCUT2D eigenvalue weighted by Gasteiger charge is 2.34. The van der Waals surface area contributed by atoms with E-state index in [4.69, 9.17) is 0 Å². The number of aromatic nitrogens is 1. The van der Waals surface area contributed by atoms with Gasteiger partial charge in [-0.05, 0) is 72.1 Å². The average Bonchev–Trinajstić information content (AvgIpc) is 3.52. The van der Waals surface area contributed by atoms with Crippen LogP contribution in [0.4, 0.5) is 19.3 Å². The number of likely N-dealkylation sites (N-methyl/N-ethyl adjacent to an activating group) is 1. The fourth-order valence-electron chi connectivity index (χ4n) is 4.33. The second-order valence-corrected chi connectivity index (χ2v) is 12.8. The van der Waals surface area contributed by atoms with Crippen molar-refractivity contribution in [2.45, 2.75) is 25.8 Å². The quantitative estimate of drug-likeness (QED) is 0.323. The van der Waals surface area contributed by atoms with E-state index in [1.807, 2.05) is 4.72 Å². The lowest BCUT2D eigenvalue weighted by Gasteiger charge is -2.26. The highest BCUT2D eigenvalue weighted by molar-refractivity contribution is 9.11. The summed E-state index contributed by atoms with van der Waals surface area (Å²) in [6.45, 7) is 5.22. The Morgan fingerprint density at radius 2 is 1.98 bits per heavy atom. The zero-order chi connectivity index (χ0) is 29.9. The summed E-state index contributed by atoms with van der Waals surface area (Å²) in [5.41, 5.74) is 3.44. The van der Waals surface area contributed by atoms with Crippen molar-refractivity contribution in [1.29, 1.82) is 0 Å². The predicted octanol–water partition coefficient (Wildman–Crippen LogP) is 4.61. The number of urea groups is 1. The fourth-order valence-corrected chi connectivity index (χ4v) is 6.40. The lowest BCUT2D eigenvalue weighted by molar-refractivity contribution is -0.120. The van der Waals surface area contributed by atoms with E-state index in [9.17, 15) is 26.8 Å². The highest BCUT2D eigenvalue weighted by atomic mass is 79.9. The number of aliphatic imine (C=N–C) groups is 1. The van der Waals surface area contributed by atoms with Crippen molar-refractivity contribution in [2.75, 3.05) is 18.5 Å². The van der Waals surface area contributed by atoms with Crippen LogP contribution in [0.25, 0.3) is 10.2 Å². The highest BCUT2D eigenvalue weighted by Crippen LogP contribution is 2.29. The summed E-state index contributed by atoms with van der Waals surface area (Å²) < 4.78 is 58.4. The van der Waals surface area contributed by atoms with Crippen LogP contribution >= 0.6 is 27.3 Å². The summed E-state index contributed by atoms with van der Waals surface area (Å²) in [5, 5.41) is 2.36. The summed E-state index contributed by atoms with van der Waals surface area (Å²) in [7, 11) is -2.99. The zero-order valence-corrected chi connectivity index (χ0v) is 25.1. The molecule has 0 aliphatic carbocycles. The number of nitrogens with one attached hydrogen (secondary N) is 2. The van der Waals surface area contributed by atoms with Gasteiger partial charge < -0.3 is 10.2 Å². The zero-order valence-electron chi connectivity index (χ0n) is 21.9. The summed E-state index contributed by atoms with van der Waals surface area (Å²) in [6.07, 6.45) is 1.71. The number of fused-ring (bicyclic) bond motifs is 1. The minimum Gasteiger partial charge on any atom is -0.325 e. The SMILES string of the molecule is C=NC1=C(/C=C(\C)Br)CCN1S(=O)(=O)NC(=O)N[C@@H](Cc1cc(F)cc(F)c1)C(=O)N(C)c1ccc2scnc2c1. The molecule has 15 heteroatoms. The molecule has 3 amide bonds. The summed E-state index contributed by atoms with van der Waals surface area (Å²) in [5.74, 6) is -2.33. The first-order valence-corrected chi connectivity index (χ1v) is 15.2. The molecule has 2 N–H and O–H groups in total. The van der Waals surface area contributed by atoms with Crippen molar-refractivity contribution in [2.24, 2.45) is 4.99 Å². The van der Waals surface area contributed by atoms with Crippen molar-refractivity contribution in [1.82, 2.24) is 19.3 Å². The number of anilines is 1. The van der Waals surface area contributed by atoms with Crippen molar-refractivity contribution >= 4 is 72.0 Å². The third kappa shape index (κ3) is 7.15. The Morgan fingerprint density at radius 3 is 2.63 bits per heavy atom. The molecule has 0 saturated heterocycles. The van der Waals surface area contributed by atoms with Crippen LogP contribution in [-0.4, -0.2) is 56.0 Å². The Hall–Kier alpha value is -3.69. The Kier molecular flexibility index (Phi) is 9.19. The maximum absolute atomic E-state index is 13.9. The van der Waals surface area contributed by atoms with Gasteiger partial charge in [-0.15, -0.1) is 11.3 Å². The molecule has 216 valence electrons. The molecule has 1 aromatic heterocycles. The van der Waals surface area contributed by atoms with Crippen LogP contribution in [0.2, 0.25) is 0 Å². The minimum atomic E-state index is -4.45. The van der Waals surface area contributed by atoms with E-state index in [2.05, 4.69) is 37.9 Å². The first kappa shape index (κ1) is 30.3. The molecular weight excluding hydrogens is 642 g/mol. The van der Waals surface area contributed by atoms with E-state index in [0.29, 0.717) is 29.3 Å². The first-order chi connectivity index (χ1) is 19.4. The Labute approximate surface area is 247 Å². The lowest BCUT2D eigenvalue weighted by Crippen LogP contribution is -2.54. The second kappa shape index (κ2) is 12.4. The van der Waals surface area contributed by atoms with Gasteiger partial charge in [0.2, 0.25) is 5.91 Å². The Balaban J connectivity index is 1.58. The number of rotatable bonds is 9. The van der Waals surface area contributed by atoms with Crippen LogP contribution < -0.4 is 14.9 Å². The number of allylic oxidation sites excluding steroid dienone is 2. The molecule has 0 spiro atoms. The summed E-state index contributed by atoms with van der Waals surface area (Å²) >= 11 is 4.72. The molecule has 0 fully saturated rings. The molecule has 2 aromatic carbocycles. The number of halogens is 3. The molecule has 10 nitrogen and oxygen atoms in total. The molecule has 1 aliphatic rings. The molecule has 1 aliphatic heterocycles. The van der Waals surface area contributed by atoms with E-state index in [1.54, 1.807) is 36.7 Å². The van der Waals surface area contributed by atoms with Gasteiger partial charge in [-0.3, -0.25) is 4.79 Å². The Bertz CT molecular complexity index is 1670. The van der Waals surface area contributed by atoms with Gasteiger partial charge in [0.15, 0.2) is 0 Å². The molecule has 0 unspecified atom stereocenters. The number of thiazole rings is 1. The van der Waals surface area contributed by atoms with Gasteiger partial charge in [-0.1, -0.05) is 15.9 Å². The van der Waals surface area contributed by atoms with Crippen LogP contribution in [0.15, 0.2) is 68.9 Å². The number of nitrogens with zero attached hydrogens (tertiary/aromatic N) is 4. The van der Waals surface area contributed by atoms with Gasteiger partial charge in [0, 0.05) is 31.8 Å². The summed E-state index contributed by atoms with van der Waals surface area (Å²) in [4.78, 5) is 35.8. The van der Waals surface area contributed by atoms with Gasteiger partial charge in [0.1, 0.15) is 23.5 Å². The van der Waals surface area contributed by atoms with E-state index in [0.717, 1.165) is 25.6 Å². The maximum Gasteiger partial charge on any atom is 0.330 e. The van der Waals surface area contributed by atoms with E-state index in [1.165, 1.54) is 23.3 Å². The lowest BCUT2D eigenvalue weighted by atomic mass is 10.0. The number of hydrogen-bond donors (Lipinski definition) is 2. The molecule has 4 rings (SSSR count). The number of carbonyl (C=O) groups excluding carboxylic acids is 2. The van der Waals surface area contributed by atoms with Gasteiger partial charge in [-0.25, -0.2) is 32.6 Å². The van der Waals surface area contributed by atoms with Crippen molar-refractivity contribution in [3.05, 3.63) is 81.1 Å². The minimum absolute atomic E-state index is 0.00976. The topological polar surface area (TPSA) is 124 Å². The van der Waals surface area contributed by atoms with E-state index in [-0.39, 0.29) is 24.4 Å². The number of carbonyl (C=O) groups is 2.